The minimum absolute atomic E-state index is 0.639. The molecule has 0 radical (unpaired) electrons. The van der Waals surface area contributed by atoms with Crippen molar-refractivity contribution in [1.29, 1.82) is 0 Å². The highest BCUT2D eigenvalue weighted by Crippen LogP contribution is 2.42. The summed E-state index contributed by atoms with van der Waals surface area (Å²) < 4.78 is 8.60. The Morgan fingerprint density at radius 2 is 1.00 bits per heavy atom. The molecule has 0 aliphatic heterocycles. The third-order valence-corrected chi connectivity index (χ3v) is 13.4. The summed E-state index contributed by atoms with van der Waals surface area (Å²) in [4.78, 5) is 17.2. The number of hydrogen-bond acceptors (Lipinski definition) is 5. The summed E-state index contributed by atoms with van der Waals surface area (Å²) >= 11 is 0. The first-order valence-corrected chi connectivity index (χ1v) is 22.6. The second kappa shape index (κ2) is 14.7. The largest absolute Gasteiger partial charge is 0.438 e. The van der Waals surface area contributed by atoms with Gasteiger partial charge in [0.15, 0.2) is 0 Å². The molecule has 14 aromatic rings. The second-order valence-corrected chi connectivity index (χ2v) is 17.2. The monoisotopic (exact) mass is 855 g/mol. The number of benzene rings is 8. The van der Waals surface area contributed by atoms with Crippen LogP contribution >= 0.6 is 0 Å². The van der Waals surface area contributed by atoms with E-state index in [4.69, 9.17) is 19.4 Å². The highest BCUT2D eigenvalue weighted by atomic mass is 16.3. The third-order valence-electron chi connectivity index (χ3n) is 13.4. The van der Waals surface area contributed by atoms with Gasteiger partial charge >= 0.3 is 0 Å². The van der Waals surface area contributed by atoms with Crippen LogP contribution in [0.1, 0.15) is 0 Å². The number of anilines is 3. The molecule has 14 rings (SSSR count). The number of pyridine rings is 3. The lowest BCUT2D eigenvalue weighted by Gasteiger charge is -2.26. The molecular formula is C61H37N5O. The lowest BCUT2D eigenvalue weighted by molar-refractivity contribution is 0.654. The van der Waals surface area contributed by atoms with Gasteiger partial charge in [-0.15, -0.1) is 0 Å². The zero-order chi connectivity index (χ0) is 44.0. The van der Waals surface area contributed by atoms with Crippen LogP contribution in [0, 0.1) is 0 Å². The third kappa shape index (κ3) is 5.93. The Kier molecular flexibility index (Phi) is 8.18. The van der Waals surface area contributed by atoms with E-state index in [1.54, 1.807) is 0 Å². The zero-order valence-corrected chi connectivity index (χ0v) is 36.0. The molecule has 6 heteroatoms. The molecule has 0 saturated carbocycles. The summed E-state index contributed by atoms with van der Waals surface area (Å²) in [6.07, 6.45) is 1.83. The van der Waals surface area contributed by atoms with Gasteiger partial charge in [0.05, 0.1) is 39.1 Å². The van der Waals surface area contributed by atoms with Crippen LogP contribution < -0.4 is 4.90 Å². The molecule has 67 heavy (non-hydrogen) atoms. The molecule has 0 amide bonds. The highest BCUT2D eigenvalue weighted by Gasteiger charge is 2.19. The van der Waals surface area contributed by atoms with Crippen molar-refractivity contribution in [3.63, 3.8) is 0 Å². The number of fused-ring (bicyclic) bond motifs is 10. The van der Waals surface area contributed by atoms with Gasteiger partial charge in [-0.05, 0) is 90.0 Å². The normalized spacial score (nSPS) is 11.9. The summed E-state index contributed by atoms with van der Waals surface area (Å²) in [6.45, 7) is 0. The fourth-order valence-corrected chi connectivity index (χ4v) is 10.2. The molecule has 0 aliphatic carbocycles. The first kappa shape index (κ1) is 37.3. The molecule has 6 aromatic heterocycles. The summed E-state index contributed by atoms with van der Waals surface area (Å²) in [6, 6.07) is 77.4. The summed E-state index contributed by atoms with van der Waals surface area (Å²) in [5.74, 6) is 0. The quantitative estimate of drug-likeness (QED) is 0.160. The van der Waals surface area contributed by atoms with E-state index in [0.717, 1.165) is 83.7 Å². The molecule has 0 unspecified atom stereocenters. The van der Waals surface area contributed by atoms with E-state index in [2.05, 4.69) is 185 Å². The number of rotatable bonds is 7. The van der Waals surface area contributed by atoms with Crippen LogP contribution in [-0.2, 0) is 0 Å². The van der Waals surface area contributed by atoms with Gasteiger partial charge in [-0.2, -0.15) is 0 Å². The van der Waals surface area contributed by atoms with Crippen LogP contribution in [-0.4, -0.2) is 19.4 Å². The Morgan fingerprint density at radius 3 is 1.76 bits per heavy atom. The van der Waals surface area contributed by atoms with Crippen LogP contribution in [0.5, 0.6) is 0 Å². The van der Waals surface area contributed by atoms with Gasteiger partial charge in [0.25, 0.3) is 0 Å². The number of aromatic nitrogens is 4. The van der Waals surface area contributed by atoms with E-state index in [1.165, 1.54) is 43.7 Å². The van der Waals surface area contributed by atoms with Crippen molar-refractivity contribution in [3.8, 4) is 44.9 Å². The SMILES string of the molecule is c1ccc(-c2nc(-c3ccc(N(c4ccc(-c5ccc6c7cccc8c9ccccc9n(c6c5)c87)cc4)c4ccc(-c5ccc6c(n5)oc5ccccc56)cc4)cc3)cc3cccnc23)cc1. The maximum Gasteiger partial charge on any atom is 0.227 e. The molecule has 0 N–H and O–H groups in total. The molecule has 8 aromatic carbocycles. The van der Waals surface area contributed by atoms with Crippen molar-refractivity contribution in [2.24, 2.45) is 0 Å². The predicted octanol–water partition coefficient (Wildman–Crippen LogP) is 16.2. The topological polar surface area (TPSA) is 59.5 Å². The number of hydrogen-bond donors (Lipinski definition) is 0. The summed E-state index contributed by atoms with van der Waals surface area (Å²) in [7, 11) is 0. The maximum atomic E-state index is 6.16. The molecule has 0 atom stereocenters. The number of nitrogens with zero attached hydrogens (tertiary/aromatic N) is 5. The summed E-state index contributed by atoms with van der Waals surface area (Å²) in [5.41, 5.74) is 17.2. The minimum atomic E-state index is 0.639. The molecule has 312 valence electrons. The van der Waals surface area contributed by atoms with Crippen molar-refractivity contribution in [1.82, 2.24) is 19.4 Å². The van der Waals surface area contributed by atoms with E-state index < -0.39 is 0 Å². The Labute approximate surface area is 384 Å². The Balaban J connectivity index is 0.858. The van der Waals surface area contributed by atoms with Crippen molar-refractivity contribution in [3.05, 3.63) is 225 Å². The van der Waals surface area contributed by atoms with Gasteiger partial charge in [0, 0.05) is 77.7 Å². The molecule has 0 saturated heterocycles. The number of furan rings is 1. The average Bonchev–Trinajstić information content (AvgIpc) is 4.06. The maximum absolute atomic E-state index is 6.16. The molecule has 0 fully saturated rings. The second-order valence-electron chi connectivity index (χ2n) is 17.2. The van der Waals surface area contributed by atoms with Crippen LogP contribution in [0.25, 0.3) is 116 Å². The average molecular weight is 856 g/mol. The molecular weight excluding hydrogens is 819 g/mol. The molecule has 6 nitrogen and oxygen atoms in total. The Hall–Kier alpha value is -9.13. The van der Waals surface area contributed by atoms with Crippen molar-refractivity contribution in [2.75, 3.05) is 4.90 Å². The van der Waals surface area contributed by atoms with Gasteiger partial charge < -0.3 is 13.7 Å². The van der Waals surface area contributed by atoms with Crippen LogP contribution in [0.4, 0.5) is 17.1 Å². The van der Waals surface area contributed by atoms with E-state index in [1.807, 2.05) is 48.7 Å². The van der Waals surface area contributed by atoms with Crippen LogP contribution in [0.3, 0.4) is 0 Å². The zero-order valence-electron chi connectivity index (χ0n) is 36.0. The van der Waals surface area contributed by atoms with Crippen LogP contribution in [0.2, 0.25) is 0 Å². The molecule has 0 bridgehead atoms. The molecule has 6 heterocycles. The lowest BCUT2D eigenvalue weighted by atomic mass is 10.0. The van der Waals surface area contributed by atoms with Crippen molar-refractivity contribution < 1.29 is 4.42 Å². The lowest BCUT2D eigenvalue weighted by Crippen LogP contribution is -2.09. The van der Waals surface area contributed by atoms with Gasteiger partial charge in [0.2, 0.25) is 5.71 Å². The number of para-hydroxylation sites is 3. The van der Waals surface area contributed by atoms with E-state index in [9.17, 15) is 0 Å². The fraction of sp³-hybridized carbons (Fsp3) is 0. The van der Waals surface area contributed by atoms with Crippen molar-refractivity contribution in [2.45, 2.75) is 0 Å². The molecule has 0 aliphatic rings. The van der Waals surface area contributed by atoms with Gasteiger partial charge in [-0.25, -0.2) is 9.97 Å². The van der Waals surface area contributed by atoms with E-state index >= 15 is 0 Å². The summed E-state index contributed by atoms with van der Waals surface area (Å²) in [5, 5.41) is 8.27. The molecule has 0 spiro atoms. The van der Waals surface area contributed by atoms with Crippen molar-refractivity contribution >= 4 is 88.1 Å². The van der Waals surface area contributed by atoms with Gasteiger partial charge in [0.1, 0.15) is 5.58 Å². The highest BCUT2D eigenvalue weighted by molar-refractivity contribution is 6.23. The smallest absolute Gasteiger partial charge is 0.227 e. The fourth-order valence-electron chi connectivity index (χ4n) is 10.2. The Bertz CT molecular complexity index is 4190. The van der Waals surface area contributed by atoms with Gasteiger partial charge in [-0.1, -0.05) is 140 Å². The van der Waals surface area contributed by atoms with E-state index in [0.29, 0.717) is 5.71 Å². The van der Waals surface area contributed by atoms with E-state index in [-0.39, 0.29) is 0 Å². The first-order chi connectivity index (χ1) is 33.2. The van der Waals surface area contributed by atoms with Crippen LogP contribution in [0.15, 0.2) is 229 Å². The standard InChI is InChI=1S/C61H37N5O/c1-2-10-41(11-3-1)59-58-43(12-9-35-62-58)36-54(63-59)40-23-30-46(31-24-40)65(45-28-21-39(22-29-45)53-34-33-52-49-14-5-7-18-57(49)67-61(52)64-53)44-26-19-38(20-27-44)42-25-32-48-51-16-8-15-50-47-13-4-6-17-55(47)66(60(50)51)56(48)37-42/h1-37H. The van der Waals surface area contributed by atoms with Gasteiger partial charge in [-0.3, -0.25) is 4.98 Å². The first-order valence-electron chi connectivity index (χ1n) is 22.6. The minimum Gasteiger partial charge on any atom is -0.438 e. The predicted molar refractivity (Wildman–Crippen MR) is 276 cm³/mol. The Morgan fingerprint density at radius 1 is 0.388 bits per heavy atom.